The van der Waals surface area contributed by atoms with Gasteiger partial charge in [-0.3, -0.25) is 4.90 Å². The molecule has 5 nitrogen and oxygen atoms in total. The highest BCUT2D eigenvalue weighted by atomic mass is 28.4. The van der Waals surface area contributed by atoms with Gasteiger partial charge in [-0.1, -0.05) is 27.7 Å². The monoisotopic (exact) mass is 429 g/mol. The molecule has 28 heavy (non-hydrogen) atoms. The number of amides is 1. The van der Waals surface area contributed by atoms with Crippen LogP contribution in [-0.2, 0) is 13.6 Å². The smallest absolute Gasteiger partial charge is 0.411 e. The molecule has 0 fully saturated rings. The van der Waals surface area contributed by atoms with Crippen LogP contribution in [0.2, 0.25) is 37.8 Å². The minimum atomic E-state index is -1.91. The Labute approximate surface area is 175 Å². The van der Waals surface area contributed by atoms with Crippen molar-refractivity contribution in [3.8, 4) is 0 Å². The molecule has 1 aliphatic heterocycles. The summed E-state index contributed by atoms with van der Waals surface area (Å²) in [6, 6.07) is -0.0574. The number of ether oxygens (including phenoxy) is 1. The summed E-state index contributed by atoms with van der Waals surface area (Å²) in [5, 5.41) is 0.129. The number of carbonyl (C=O) groups excluding carboxylic acids is 1. The first-order valence-electron chi connectivity index (χ1n) is 10.4. The van der Waals surface area contributed by atoms with Crippen LogP contribution < -0.4 is 0 Å². The Kier molecular flexibility index (Phi) is 7.68. The third-order valence-corrected chi connectivity index (χ3v) is 10.6. The Morgan fingerprint density at radius 1 is 1.11 bits per heavy atom. The van der Waals surface area contributed by atoms with Crippen molar-refractivity contribution in [3.05, 3.63) is 11.8 Å². The highest BCUT2D eigenvalue weighted by Gasteiger charge is 2.41. The molecule has 1 unspecified atom stereocenters. The molecule has 164 valence electrons. The molecule has 0 bridgehead atoms. The lowest BCUT2D eigenvalue weighted by molar-refractivity contribution is 0.00210. The van der Waals surface area contributed by atoms with E-state index in [4.69, 9.17) is 13.6 Å². The lowest BCUT2D eigenvalue weighted by Crippen LogP contribution is -2.54. The normalized spacial score (nSPS) is 22.0. The van der Waals surface area contributed by atoms with Crippen LogP contribution in [0.3, 0.4) is 0 Å². The van der Waals surface area contributed by atoms with Gasteiger partial charge >= 0.3 is 6.09 Å². The lowest BCUT2D eigenvalue weighted by atomic mass is 9.96. The van der Waals surface area contributed by atoms with Crippen LogP contribution >= 0.6 is 0 Å². The van der Waals surface area contributed by atoms with Gasteiger partial charge in [0.25, 0.3) is 0 Å². The minimum absolute atomic E-state index is 0.0574. The van der Waals surface area contributed by atoms with Crippen molar-refractivity contribution in [2.24, 2.45) is 5.92 Å². The third kappa shape index (κ3) is 7.56. The zero-order valence-corrected chi connectivity index (χ0v) is 22.2. The number of carbonyl (C=O) groups is 1. The van der Waals surface area contributed by atoms with Crippen molar-refractivity contribution in [2.45, 2.75) is 97.9 Å². The van der Waals surface area contributed by atoms with Crippen LogP contribution in [0.1, 0.15) is 48.5 Å². The van der Waals surface area contributed by atoms with Crippen molar-refractivity contribution in [1.29, 1.82) is 0 Å². The van der Waals surface area contributed by atoms with Crippen LogP contribution in [0.4, 0.5) is 4.79 Å². The minimum Gasteiger partial charge on any atom is -0.546 e. The van der Waals surface area contributed by atoms with Gasteiger partial charge in [0.1, 0.15) is 5.60 Å². The van der Waals surface area contributed by atoms with E-state index in [1.165, 1.54) is 0 Å². The van der Waals surface area contributed by atoms with E-state index in [0.717, 1.165) is 5.76 Å². The van der Waals surface area contributed by atoms with Gasteiger partial charge < -0.3 is 13.6 Å². The molecule has 0 aliphatic carbocycles. The Balaban J connectivity index is 3.09. The van der Waals surface area contributed by atoms with Crippen LogP contribution in [0, 0.1) is 5.92 Å². The average molecular weight is 430 g/mol. The van der Waals surface area contributed by atoms with E-state index in [1.54, 1.807) is 4.90 Å². The Hall–Kier alpha value is -0.796. The van der Waals surface area contributed by atoms with Gasteiger partial charge in [-0.15, -0.1) is 0 Å². The molecule has 0 aromatic rings. The molecule has 7 heteroatoms. The van der Waals surface area contributed by atoms with Crippen molar-refractivity contribution >= 4 is 22.7 Å². The number of nitrogens with zero attached hydrogens (tertiary/aromatic N) is 1. The molecular formula is C21H43NO4Si2. The second kappa shape index (κ2) is 8.52. The molecule has 2 atom stereocenters. The molecule has 0 spiro atoms. The Bertz CT molecular complexity index is 583. The highest BCUT2D eigenvalue weighted by molar-refractivity contribution is 6.74. The van der Waals surface area contributed by atoms with Gasteiger partial charge in [-0.2, -0.15) is 0 Å². The fourth-order valence-electron chi connectivity index (χ4n) is 2.76. The fourth-order valence-corrected chi connectivity index (χ4v) is 4.70. The van der Waals surface area contributed by atoms with Crippen LogP contribution in [0.5, 0.6) is 0 Å². The molecule has 1 rings (SSSR count). The zero-order valence-electron chi connectivity index (χ0n) is 20.2. The molecule has 0 aromatic carbocycles. The Morgan fingerprint density at radius 2 is 1.64 bits per heavy atom. The maximum absolute atomic E-state index is 13.0. The highest BCUT2D eigenvalue weighted by Crippen LogP contribution is 2.37. The maximum Gasteiger partial charge on any atom is 0.411 e. The van der Waals surface area contributed by atoms with E-state index >= 15 is 0 Å². The van der Waals surface area contributed by atoms with Crippen molar-refractivity contribution in [1.82, 2.24) is 4.90 Å². The summed E-state index contributed by atoms with van der Waals surface area (Å²) >= 11 is 0. The quantitative estimate of drug-likeness (QED) is 0.503. The van der Waals surface area contributed by atoms with E-state index in [0.29, 0.717) is 13.2 Å². The van der Waals surface area contributed by atoms with Crippen LogP contribution in [0.15, 0.2) is 11.8 Å². The van der Waals surface area contributed by atoms with Gasteiger partial charge in [0, 0.05) is 5.92 Å². The molecule has 0 aromatic heterocycles. The molecular weight excluding hydrogens is 386 g/mol. The number of hydrogen-bond acceptors (Lipinski definition) is 4. The molecule has 0 saturated carbocycles. The summed E-state index contributed by atoms with van der Waals surface area (Å²) in [5.74, 6) is 1.01. The van der Waals surface area contributed by atoms with Gasteiger partial charge in [-0.05, 0) is 64.6 Å². The van der Waals surface area contributed by atoms with Crippen molar-refractivity contribution in [3.63, 3.8) is 0 Å². The van der Waals surface area contributed by atoms with Crippen molar-refractivity contribution < 1.29 is 18.4 Å². The topological polar surface area (TPSA) is 48.0 Å². The molecule has 0 saturated heterocycles. The molecule has 1 aliphatic rings. The summed E-state index contributed by atoms with van der Waals surface area (Å²) < 4.78 is 18.4. The van der Waals surface area contributed by atoms with Gasteiger partial charge in [0.05, 0.1) is 25.0 Å². The number of rotatable bonds is 5. The zero-order chi connectivity index (χ0) is 22.1. The number of hydrogen-bond donors (Lipinski definition) is 0. The van der Waals surface area contributed by atoms with Gasteiger partial charge in [0.15, 0.2) is 8.32 Å². The van der Waals surface area contributed by atoms with E-state index in [-0.39, 0.29) is 23.1 Å². The molecule has 1 heterocycles. The first-order chi connectivity index (χ1) is 12.3. The molecule has 0 radical (unpaired) electrons. The van der Waals surface area contributed by atoms with Gasteiger partial charge in [0.2, 0.25) is 8.32 Å². The van der Waals surface area contributed by atoms with Crippen LogP contribution in [0.25, 0.3) is 0 Å². The first-order valence-corrected chi connectivity index (χ1v) is 16.7. The van der Waals surface area contributed by atoms with E-state index in [9.17, 15) is 4.79 Å². The predicted octanol–water partition coefficient (Wildman–Crippen LogP) is 6.00. The first kappa shape index (κ1) is 25.2. The summed E-state index contributed by atoms with van der Waals surface area (Å²) in [6.07, 6.45) is 1.87. The third-order valence-electron chi connectivity index (χ3n) is 5.27. The largest absolute Gasteiger partial charge is 0.546 e. The average Bonchev–Trinajstić information content (AvgIpc) is 2.40. The van der Waals surface area contributed by atoms with E-state index in [2.05, 4.69) is 66.5 Å². The summed E-state index contributed by atoms with van der Waals surface area (Å²) in [5.41, 5.74) is -0.536. The summed E-state index contributed by atoms with van der Waals surface area (Å²) in [7, 11) is -3.66. The SMILES string of the molecule is CC1C=C(O[Si](C)(C)C)CN(C(=O)OC(C)(C)C)[C@@H]1CO[Si](C)(C)C(C)(C)C. The van der Waals surface area contributed by atoms with Crippen molar-refractivity contribution in [2.75, 3.05) is 13.2 Å². The lowest BCUT2D eigenvalue weighted by Gasteiger charge is -2.43. The Morgan fingerprint density at radius 3 is 2.07 bits per heavy atom. The van der Waals surface area contributed by atoms with E-state index in [1.807, 2.05) is 20.8 Å². The second-order valence-corrected chi connectivity index (χ2v) is 20.7. The molecule has 1 amide bonds. The summed E-state index contributed by atoms with van der Waals surface area (Å²) in [6.45, 7) is 26.4. The van der Waals surface area contributed by atoms with E-state index < -0.39 is 22.2 Å². The second-order valence-electron chi connectivity index (χ2n) is 11.5. The fraction of sp³-hybridized carbons (Fsp3) is 0.857. The summed E-state index contributed by atoms with van der Waals surface area (Å²) in [4.78, 5) is 14.8. The maximum atomic E-state index is 13.0. The molecule has 0 N–H and O–H groups in total. The standard InChI is InChI=1S/C21H43NO4Si2/c1-16-13-17(26-27(8,9)10)14-22(19(23)25-20(2,3)4)18(16)15-24-28(11,12)21(5,6)7/h13,16,18H,14-15H2,1-12H3/t16?,18-/m1/s1. The predicted molar refractivity (Wildman–Crippen MR) is 122 cm³/mol. The van der Waals surface area contributed by atoms with Gasteiger partial charge in [-0.25, -0.2) is 4.79 Å². The van der Waals surface area contributed by atoms with Crippen LogP contribution in [-0.4, -0.2) is 52.4 Å².